The van der Waals surface area contributed by atoms with E-state index in [2.05, 4.69) is 20.0 Å². The lowest BCUT2D eigenvalue weighted by Gasteiger charge is -2.02. The van der Waals surface area contributed by atoms with Crippen LogP contribution in [0.5, 0.6) is 0 Å². The Hall–Kier alpha value is -1.36. The van der Waals surface area contributed by atoms with E-state index in [0.717, 1.165) is 20.7 Å². The van der Waals surface area contributed by atoms with E-state index in [1.807, 2.05) is 13.8 Å². The minimum Gasteiger partial charge on any atom is -0.210 e. The maximum Gasteiger partial charge on any atom is 0.250 e. The van der Waals surface area contributed by atoms with Crippen molar-refractivity contribution >= 4 is 37.7 Å². The predicted octanol–water partition coefficient (Wildman–Crippen LogP) is 1.39. The highest BCUT2D eigenvalue weighted by atomic mass is 32.2. The number of fused-ring (bicyclic) bond motifs is 1. The summed E-state index contributed by atoms with van der Waals surface area (Å²) in [5.74, 6) is 0.724. The van der Waals surface area contributed by atoms with Crippen molar-refractivity contribution in [1.82, 2.24) is 24.5 Å². The van der Waals surface area contributed by atoms with E-state index in [-0.39, 0.29) is 0 Å². The van der Waals surface area contributed by atoms with Gasteiger partial charge < -0.3 is 0 Å². The molecule has 1 N–H and O–H groups in total. The van der Waals surface area contributed by atoms with Crippen LogP contribution in [-0.4, -0.2) is 34.8 Å². The Morgan fingerprint density at radius 3 is 2.71 bits per heavy atom. The summed E-state index contributed by atoms with van der Waals surface area (Å²) in [5.41, 5.74) is 0. The number of rotatable bonds is 5. The van der Waals surface area contributed by atoms with E-state index in [4.69, 9.17) is 0 Å². The zero-order chi connectivity index (χ0) is 15.0. The van der Waals surface area contributed by atoms with Crippen molar-refractivity contribution in [2.24, 2.45) is 0 Å². The highest BCUT2D eigenvalue weighted by Crippen LogP contribution is 2.20. The normalized spacial score (nSPS) is 12.3. The summed E-state index contributed by atoms with van der Waals surface area (Å²) in [5, 5.41) is 13.1. The second-order valence-corrected chi connectivity index (χ2v) is 8.77. The minimum atomic E-state index is -3.42. The smallest absolute Gasteiger partial charge is 0.210 e. The van der Waals surface area contributed by atoms with Crippen molar-refractivity contribution in [1.29, 1.82) is 0 Å². The van der Waals surface area contributed by atoms with Gasteiger partial charge in [-0.15, -0.1) is 21.5 Å². The molecule has 0 aliphatic carbocycles. The van der Waals surface area contributed by atoms with Gasteiger partial charge in [0.05, 0.1) is 0 Å². The first-order valence-electron chi connectivity index (χ1n) is 6.19. The molecular weight excluding hydrogens is 330 g/mol. The molecule has 0 atom stereocenters. The van der Waals surface area contributed by atoms with Gasteiger partial charge in [-0.25, -0.2) is 13.1 Å². The molecule has 10 heteroatoms. The molecule has 21 heavy (non-hydrogen) atoms. The van der Waals surface area contributed by atoms with Crippen LogP contribution in [0.25, 0.3) is 4.96 Å². The summed E-state index contributed by atoms with van der Waals surface area (Å²) >= 11 is 2.68. The third-order valence-corrected chi connectivity index (χ3v) is 6.71. The second kappa shape index (κ2) is 5.44. The Balaban J connectivity index is 1.65. The first-order chi connectivity index (χ1) is 9.95. The largest absolute Gasteiger partial charge is 0.250 e. The molecule has 7 nitrogen and oxygen atoms in total. The number of sulfonamides is 1. The number of nitrogens with one attached hydrogen (secondary N) is 1. The Morgan fingerprint density at radius 2 is 2.05 bits per heavy atom. The fraction of sp³-hybridized carbons (Fsp3) is 0.364. The van der Waals surface area contributed by atoms with Crippen LogP contribution < -0.4 is 4.72 Å². The number of aromatic nitrogens is 4. The van der Waals surface area contributed by atoms with Crippen molar-refractivity contribution in [3.8, 4) is 0 Å². The van der Waals surface area contributed by atoms with Crippen LogP contribution in [0.2, 0.25) is 0 Å². The standard InChI is InChI=1S/C11H13N5O2S3/c1-7-3-4-10(19-7)21(17,18)12-6-5-9-15-16-8(2)13-14-11(16)20-9/h3-4,12H,5-6H2,1-2H3. The lowest BCUT2D eigenvalue weighted by molar-refractivity contribution is 0.583. The van der Waals surface area contributed by atoms with Crippen LogP contribution in [-0.2, 0) is 16.4 Å². The van der Waals surface area contributed by atoms with Gasteiger partial charge in [-0.1, -0.05) is 11.3 Å². The average molecular weight is 343 g/mol. The van der Waals surface area contributed by atoms with Gasteiger partial charge in [0.15, 0.2) is 5.82 Å². The van der Waals surface area contributed by atoms with Gasteiger partial charge in [-0.3, -0.25) is 0 Å². The molecule has 0 spiro atoms. The quantitative estimate of drug-likeness (QED) is 0.756. The lowest BCUT2D eigenvalue weighted by Crippen LogP contribution is -2.25. The van der Waals surface area contributed by atoms with Crippen LogP contribution in [0, 0.1) is 13.8 Å². The summed E-state index contributed by atoms with van der Waals surface area (Å²) in [4.78, 5) is 1.69. The van der Waals surface area contributed by atoms with Gasteiger partial charge in [0.25, 0.3) is 0 Å². The van der Waals surface area contributed by atoms with Crippen LogP contribution >= 0.6 is 22.7 Å². The van der Waals surface area contributed by atoms with Crippen LogP contribution in [0.1, 0.15) is 15.7 Å². The van der Waals surface area contributed by atoms with Gasteiger partial charge >= 0.3 is 0 Å². The lowest BCUT2D eigenvalue weighted by atomic mass is 10.5. The monoisotopic (exact) mass is 343 g/mol. The van der Waals surface area contributed by atoms with Gasteiger partial charge in [0.1, 0.15) is 9.22 Å². The molecule has 0 saturated heterocycles. The molecule has 3 heterocycles. The number of hydrogen-bond acceptors (Lipinski definition) is 7. The zero-order valence-corrected chi connectivity index (χ0v) is 13.8. The van der Waals surface area contributed by atoms with Crippen molar-refractivity contribution in [2.45, 2.75) is 24.5 Å². The minimum absolute atomic E-state index is 0.308. The van der Waals surface area contributed by atoms with E-state index in [1.54, 1.807) is 16.6 Å². The van der Waals surface area contributed by atoms with Crippen LogP contribution in [0.4, 0.5) is 0 Å². The summed E-state index contributed by atoms with van der Waals surface area (Å²) in [6.07, 6.45) is 0.525. The molecule has 0 aromatic carbocycles. The summed E-state index contributed by atoms with van der Waals surface area (Å²) in [6.45, 7) is 4.01. The molecule has 0 radical (unpaired) electrons. The third-order valence-electron chi connectivity index (χ3n) is 2.80. The maximum absolute atomic E-state index is 12.1. The highest BCUT2D eigenvalue weighted by Gasteiger charge is 2.16. The molecule has 0 saturated carbocycles. The molecule has 0 aliphatic heterocycles. The topological polar surface area (TPSA) is 89.2 Å². The Labute approximate surface area is 129 Å². The zero-order valence-electron chi connectivity index (χ0n) is 11.4. The SMILES string of the molecule is Cc1ccc(S(=O)(=O)NCCc2nn3c(C)nnc3s2)s1. The number of thiophene rings is 1. The second-order valence-electron chi connectivity index (χ2n) is 4.45. The van der Waals surface area contributed by atoms with Gasteiger partial charge in [0.2, 0.25) is 15.0 Å². The molecule has 0 bridgehead atoms. The van der Waals surface area contributed by atoms with Crippen LogP contribution in [0.15, 0.2) is 16.3 Å². The summed E-state index contributed by atoms with van der Waals surface area (Å²) in [7, 11) is -3.42. The molecule has 3 rings (SSSR count). The molecule has 0 unspecified atom stereocenters. The Kier molecular flexibility index (Phi) is 3.78. The fourth-order valence-electron chi connectivity index (χ4n) is 1.78. The molecule has 3 aromatic heterocycles. The molecule has 112 valence electrons. The summed E-state index contributed by atoms with van der Waals surface area (Å²) < 4.78 is 28.7. The van der Waals surface area contributed by atoms with E-state index in [1.165, 1.54) is 22.7 Å². The van der Waals surface area contributed by atoms with Crippen molar-refractivity contribution in [2.75, 3.05) is 6.54 Å². The van der Waals surface area contributed by atoms with E-state index in [9.17, 15) is 8.42 Å². The van der Waals surface area contributed by atoms with E-state index >= 15 is 0 Å². The maximum atomic E-state index is 12.1. The van der Waals surface area contributed by atoms with Crippen molar-refractivity contribution in [3.05, 3.63) is 27.8 Å². The van der Waals surface area contributed by atoms with Crippen molar-refractivity contribution in [3.63, 3.8) is 0 Å². The highest BCUT2D eigenvalue weighted by molar-refractivity contribution is 7.91. The van der Waals surface area contributed by atoms with Crippen molar-refractivity contribution < 1.29 is 8.42 Å². The number of nitrogens with zero attached hydrogens (tertiary/aromatic N) is 4. The average Bonchev–Trinajstić information content (AvgIpc) is 3.08. The number of hydrogen-bond donors (Lipinski definition) is 1. The fourth-order valence-corrected chi connectivity index (χ4v) is 5.01. The van der Waals surface area contributed by atoms with Gasteiger partial charge in [0, 0.05) is 17.8 Å². The first kappa shape index (κ1) is 14.6. The predicted molar refractivity (Wildman–Crippen MR) is 81.3 cm³/mol. The van der Waals surface area contributed by atoms with Gasteiger partial charge in [-0.05, 0) is 26.0 Å². The molecule has 0 aliphatic rings. The van der Waals surface area contributed by atoms with E-state index < -0.39 is 10.0 Å². The van der Waals surface area contributed by atoms with E-state index in [0.29, 0.717) is 17.2 Å². The molecule has 3 aromatic rings. The molecule has 0 fully saturated rings. The molecular formula is C11H13N5O2S3. The number of aryl methyl sites for hydroxylation is 2. The molecule has 0 amide bonds. The van der Waals surface area contributed by atoms with Gasteiger partial charge in [-0.2, -0.15) is 9.61 Å². The Bertz CT molecular complexity index is 877. The Morgan fingerprint density at radius 1 is 1.24 bits per heavy atom. The van der Waals surface area contributed by atoms with Crippen LogP contribution in [0.3, 0.4) is 0 Å². The summed E-state index contributed by atoms with van der Waals surface area (Å²) in [6, 6.07) is 3.42. The third kappa shape index (κ3) is 2.98. The first-order valence-corrected chi connectivity index (χ1v) is 9.31.